The molecular formula is C17H18ClN3O4S. The minimum Gasteiger partial charge on any atom is -0.484 e. The fraction of sp³-hybridized carbons (Fsp3) is 0.412. The molecule has 2 fully saturated rings. The molecule has 3 heterocycles. The minimum absolute atomic E-state index is 0.267. The largest absolute Gasteiger partial charge is 0.484 e. The first kappa shape index (κ1) is 17.8. The van der Waals surface area contributed by atoms with Crippen LogP contribution in [0.4, 0.5) is 11.5 Å². The molecule has 2 aromatic rings. The molecule has 138 valence electrons. The minimum atomic E-state index is -0.602. The second kappa shape index (κ2) is 7.58. The third kappa shape index (κ3) is 3.60. The van der Waals surface area contributed by atoms with Crippen LogP contribution in [0.5, 0.6) is 5.75 Å². The average Bonchev–Trinajstić information content (AvgIpc) is 3.21. The lowest BCUT2D eigenvalue weighted by Gasteiger charge is -2.19. The monoisotopic (exact) mass is 395 g/mol. The molecule has 26 heavy (non-hydrogen) atoms. The highest BCUT2D eigenvalue weighted by molar-refractivity contribution is 7.98. The summed E-state index contributed by atoms with van der Waals surface area (Å²) in [6, 6.07) is 7.21. The summed E-state index contributed by atoms with van der Waals surface area (Å²) < 4.78 is 17.1. The number of benzene rings is 1. The van der Waals surface area contributed by atoms with Crippen LogP contribution in [-0.4, -0.2) is 59.0 Å². The van der Waals surface area contributed by atoms with Crippen LogP contribution < -0.4 is 10.1 Å². The summed E-state index contributed by atoms with van der Waals surface area (Å²) in [6.07, 6.45) is 2.13. The van der Waals surface area contributed by atoms with Gasteiger partial charge >= 0.3 is 0 Å². The maximum Gasteiger partial charge on any atom is 0.189 e. The summed E-state index contributed by atoms with van der Waals surface area (Å²) >= 11 is 7.85. The molecule has 0 radical (unpaired) electrons. The number of halogens is 1. The standard InChI is InChI=1S/C17H18ClN3O4S/c1-26-17-19-5-4-14(21-17)20-9-2-3-12(10(18)6-9)25-13-8-24-15-11(22)7-23-16(13)15/h2-6,11,13,15-16,22H,7-8H2,1H3,(H,19,20,21)/t11-,13?,15+,16+/m0/s1. The van der Waals surface area contributed by atoms with Crippen LogP contribution in [0.2, 0.25) is 5.02 Å². The van der Waals surface area contributed by atoms with Crippen LogP contribution in [-0.2, 0) is 9.47 Å². The summed E-state index contributed by atoms with van der Waals surface area (Å²) in [5.74, 6) is 1.23. The Morgan fingerprint density at radius 1 is 1.27 bits per heavy atom. The summed E-state index contributed by atoms with van der Waals surface area (Å²) in [6.45, 7) is 0.629. The van der Waals surface area contributed by atoms with Crippen molar-refractivity contribution in [3.63, 3.8) is 0 Å². The number of aliphatic hydroxyl groups is 1. The van der Waals surface area contributed by atoms with Gasteiger partial charge < -0.3 is 24.6 Å². The van der Waals surface area contributed by atoms with E-state index in [1.54, 1.807) is 24.4 Å². The Labute approximate surface area is 160 Å². The lowest BCUT2D eigenvalue weighted by molar-refractivity contribution is 0.00865. The molecule has 2 aliphatic heterocycles. The highest BCUT2D eigenvalue weighted by Crippen LogP contribution is 2.34. The third-order valence-electron chi connectivity index (χ3n) is 4.28. The van der Waals surface area contributed by atoms with E-state index in [0.29, 0.717) is 28.4 Å². The van der Waals surface area contributed by atoms with E-state index in [-0.39, 0.29) is 24.9 Å². The summed E-state index contributed by atoms with van der Waals surface area (Å²) in [5.41, 5.74) is 0.793. The van der Waals surface area contributed by atoms with Gasteiger partial charge in [-0.25, -0.2) is 9.97 Å². The lowest BCUT2D eigenvalue weighted by atomic mass is 10.1. The van der Waals surface area contributed by atoms with Crippen LogP contribution in [0, 0.1) is 0 Å². The maximum atomic E-state index is 9.80. The fourth-order valence-electron chi connectivity index (χ4n) is 3.04. The van der Waals surface area contributed by atoms with Gasteiger partial charge in [0.25, 0.3) is 0 Å². The molecule has 4 atom stereocenters. The van der Waals surface area contributed by atoms with Crippen molar-refractivity contribution in [2.24, 2.45) is 0 Å². The van der Waals surface area contributed by atoms with E-state index < -0.39 is 6.10 Å². The zero-order chi connectivity index (χ0) is 18.1. The Balaban J connectivity index is 1.44. The predicted octanol–water partition coefficient (Wildman–Crippen LogP) is 2.50. The Bertz CT molecular complexity index is 796. The number of thioether (sulfide) groups is 1. The van der Waals surface area contributed by atoms with Gasteiger partial charge in [0.15, 0.2) is 11.3 Å². The SMILES string of the molecule is CSc1nccc(Nc2ccc(OC3CO[C@H]4[C@@H]3OC[C@@H]4O)c(Cl)c2)n1. The number of rotatable bonds is 5. The Morgan fingerprint density at radius 3 is 2.92 bits per heavy atom. The third-order valence-corrected chi connectivity index (χ3v) is 5.14. The molecule has 9 heteroatoms. The smallest absolute Gasteiger partial charge is 0.189 e. The molecule has 4 rings (SSSR count). The van der Waals surface area contributed by atoms with Gasteiger partial charge in [0, 0.05) is 11.9 Å². The van der Waals surface area contributed by atoms with Gasteiger partial charge in [0.05, 0.1) is 18.2 Å². The molecule has 1 unspecified atom stereocenters. The number of hydrogen-bond acceptors (Lipinski definition) is 8. The van der Waals surface area contributed by atoms with Gasteiger partial charge in [-0.15, -0.1) is 0 Å². The molecule has 1 aromatic heterocycles. The van der Waals surface area contributed by atoms with Crippen molar-refractivity contribution < 1.29 is 19.3 Å². The Hall–Kier alpha value is -1.58. The summed E-state index contributed by atoms with van der Waals surface area (Å²) in [5, 5.41) is 14.2. The van der Waals surface area contributed by atoms with Gasteiger partial charge in [-0.05, 0) is 30.5 Å². The van der Waals surface area contributed by atoms with Gasteiger partial charge in [-0.3, -0.25) is 0 Å². The fourth-order valence-corrected chi connectivity index (χ4v) is 3.62. The second-order valence-corrected chi connectivity index (χ2v) is 7.20. The summed E-state index contributed by atoms with van der Waals surface area (Å²) in [4.78, 5) is 8.52. The molecule has 0 amide bonds. The lowest BCUT2D eigenvalue weighted by Crippen LogP contribution is -2.34. The molecule has 2 N–H and O–H groups in total. The van der Waals surface area contributed by atoms with E-state index in [0.717, 1.165) is 5.69 Å². The summed E-state index contributed by atoms with van der Waals surface area (Å²) in [7, 11) is 0. The van der Waals surface area contributed by atoms with Crippen molar-refractivity contribution in [2.45, 2.75) is 29.6 Å². The zero-order valence-electron chi connectivity index (χ0n) is 14.0. The number of nitrogens with zero attached hydrogens (tertiary/aromatic N) is 2. The average molecular weight is 396 g/mol. The number of anilines is 2. The van der Waals surface area contributed by atoms with Crippen molar-refractivity contribution >= 4 is 34.9 Å². The maximum absolute atomic E-state index is 9.80. The molecule has 0 aliphatic carbocycles. The van der Waals surface area contributed by atoms with E-state index in [9.17, 15) is 5.11 Å². The van der Waals surface area contributed by atoms with Crippen molar-refractivity contribution in [3.05, 3.63) is 35.5 Å². The van der Waals surface area contributed by atoms with Gasteiger partial charge in [-0.1, -0.05) is 23.4 Å². The second-order valence-electron chi connectivity index (χ2n) is 6.02. The van der Waals surface area contributed by atoms with Crippen LogP contribution in [0.3, 0.4) is 0 Å². The predicted molar refractivity (Wildman–Crippen MR) is 98.5 cm³/mol. The molecule has 0 bridgehead atoms. The first-order chi connectivity index (χ1) is 12.6. The molecule has 0 spiro atoms. The van der Waals surface area contributed by atoms with Crippen LogP contribution >= 0.6 is 23.4 Å². The van der Waals surface area contributed by atoms with Crippen molar-refractivity contribution in [1.82, 2.24) is 9.97 Å². The van der Waals surface area contributed by atoms with Crippen molar-refractivity contribution in [3.8, 4) is 5.75 Å². The van der Waals surface area contributed by atoms with Gasteiger partial charge in [-0.2, -0.15) is 0 Å². The van der Waals surface area contributed by atoms with E-state index in [4.69, 9.17) is 25.8 Å². The first-order valence-electron chi connectivity index (χ1n) is 8.15. The molecule has 2 saturated heterocycles. The Morgan fingerprint density at radius 2 is 2.12 bits per heavy atom. The highest BCUT2D eigenvalue weighted by atomic mass is 35.5. The van der Waals surface area contributed by atoms with Crippen LogP contribution in [0.1, 0.15) is 0 Å². The van der Waals surface area contributed by atoms with E-state index >= 15 is 0 Å². The Kier molecular flexibility index (Phi) is 5.19. The molecular weight excluding hydrogens is 378 g/mol. The molecule has 1 aromatic carbocycles. The quantitative estimate of drug-likeness (QED) is 0.590. The topological polar surface area (TPSA) is 85.7 Å². The molecule has 2 aliphatic rings. The van der Waals surface area contributed by atoms with Gasteiger partial charge in [0.2, 0.25) is 0 Å². The first-order valence-corrected chi connectivity index (χ1v) is 9.76. The van der Waals surface area contributed by atoms with Gasteiger partial charge in [0.1, 0.15) is 29.9 Å². The number of fused-ring (bicyclic) bond motifs is 1. The number of aliphatic hydroxyl groups excluding tert-OH is 1. The van der Waals surface area contributed by atoms with Crippen LogP contribution in [0.25, 0.3) is 0 Å². The normalized spacial score (nSPS) is 27.3. The van der Waals surface area contributed by atoms with E-state index in [1.807, 2.05) is 12.3 Å². The van der Waals surface area contributed by atoms with E-state index in [2.05, 4.69) is 15.3 Å². The molecule has 7 nitrogen and oxygen atoms in total. The van der Waals surface area contributed by atoms with E-state index in [1.165, 1.54) is 11.8 Å². The number of ether oxygens (including phenoxy) is 3. The van der Waals surface area contributed by atoms with Crippen molar-refractivity contribution in [2.75, 3.05) is 24.8 Å². The molecule has 0 saturated carbocycles. The number of aromatic nitrogens is 2. The highest BCUT2D eigenvalue weighted by Gasteiger charge is 2.48. The zero-order valence-corrected chi connectivity index (χ0v) is 15.5. The van der Waals surface area contributed by atoms with Crippen LogP contribution in [0.15, 0.2) is 35.6 Å². The number of hydrogen-bond donors (Lipinski definition) is 2. The van der Waals surface area contributed by atoms with Crippen molar-refractivity contribution in [1.29, 1.82) is 0 Å². The number of nitrogens with one attached hydrogen (secondary N) is 1.